The average molecular weight is 394 g/mol. The highest BCUT2D eigenvalue weighted by Crippen LogP contribution is 2.39. The van der Waals surface area contributed by atoms with E-state index >= 15 is 0 Å². The maximum absolute atomic E-state index is 12.0. The zero-order valence-corrected chi connectivity index (χ0v) is 17.5. The SMILES string of the molecule is COc1cc(/C=C/C(=O)OCCCN(C)C)cc(OC)c1OC(=O)CN(C)C. The Hall–Kier alpha value is -2.58. The molecule has 8 nitrogen and oxygen atoms in total. The number of carbonyl (C=O) groups excluding carboxylic acids is 2. The first-order valence-electron chi connectivity index (χ1n) is 8.87. The lowest BCUT2D eigenvalue weighted by atomic mass is 10.1. The third-order valence-electron chi connectivity index (χ3n) is 3.55. The molecule has 0 saturated heterocycles. The molecule has 28 heavy (non-hydrogen) atoms. The second kappa shape index (κ2) is 12.0. The summed E-state index contributed by atoms with van der Waals surface area (Å²) in [5.74, 6) is -0.0273. The van der Waals surface area contributed by atoms with Gasteiger partial charge in [-0.3, -0.25) is 9.69 Å². The number of benzene rings is 1. The molecule has 0 unspecified atom stereocenters. The molecule has 0 atom stereocenters. The number of nitrogens with zero attached hydrogens (tertiary/aromatic N) is 2. The monoisotopic (exact) mass is 394 g/mol. The molecule has 0 aliphatic heterocycles. The van der Waals surface area contributed by atoms with Gasteiger partial charge >= 0.3 is 11.9 Å². The lowest BCUT2D eigenvalue weighted by molar-refractivity contribution is -0.138. The average Bonchev–Trinajstić information content (AvgIpc) is 2.63. The largest absolute Gasteiger partial charge is 0.493 e. The summed E-state index contributed by atoms with van der Waals surface area (Å²) < 4.78 is 21.2. The lowest BCUT2D eigenvalue weighted by Crippen LogP contribution is -2.25. The summed E-state index contributed by atoms with van der Waals surface area (Å²) in [6.45, 7) is 1.32. The van der Waals surface area contributed by atoms with E-state index in [0.717, 1.165) is 13.0 Å². The van der Waals surface area contributed by atoms with Gasteiger partial charge in [-0.1, -0.05) is 0 Å². The Balaban J connectivity index is 2.85. The number of likely N-dealkylation sites (N-methyl/N-ethyl adjacent to an activating group) is 1. The smallest absolute Gasteiger partial charge is 0.330 e. The number of carbonyl (C=O) groups is 2. The molecule has 8 heteroatoms. The highest BCUT2D eigenvalue weighted by molar-refractivity contribution is 5.87. The van der Waals surface area contributed by atoms with Crippen LogP contribution >= 0.6 is 0 Å². The van der Waals surface area contributed by atoms with Gasteiger partial charge in [0.05, 0.1) is 27.4 Å². The van der Waals surface area contributed by atoms with Crippen LogP contribution in [0.3, 0.4) is 0 Å². The standard InChI is InChI=1S/C20H30N2O6/c1-21(2)10-7-11-27-18(23)9-8-15-12-16(25-5)20(17(13-15)26-6)28-19(24)14-22(3)4/h8-9,12-13H,7,10-11,14H2,1-6H3/b9-8+. The first kappa shape index (κ1) is 23.5. The van der Waals surface area contributed by atoms with Crippen LogP contribution in [-0.2, 0) is 14.3 Å². The van der Waals surface area contributed by atoms with Crippen LogP contribution in [0.1, 0.15) is 12.0 Å². The molecule has 0 N–H and O–H groups in total. The van der Waals surface area contributed by atoms with E-state index < -0.39 is 11.9 Å². The van der Waals surface area contributed by atoms with Crippen molar-refractivity contribution in [3.8, 4) is 17.2 Å². The van der Waals surface area contributed by atoms with Crippen molar-refractivity contribution in [1.82, 2.24) is 9.80 Å². The molecular weight excluding hydrogens is 364 g/mol. The van der Waals surface area contributed by atoms with Crippen molar-refractivity contribution in [1.29, 1.82) is 0 Å². The third kappa shape index (κ3) is 8.41. The predicted octanol–water partition coefficient (Wildman–Crippen LogP) is 1.68. The lowest BCUT2D eigenvalue weighted by Gasteiger charge is -2.15. The first-order valence-corrected chi connectivity index (χ1v) is 8.87. The summed E-state index contributed by atoms with van der Waals surface area (Å²) in [5.41, 5.74) is 0.645. The molecular formula is C20H30N2O6. The molecule has 0 radical (unpaired) electrons. The number of methoxy groups -OCH3 is 2. The van der Waals surface area contributed by atoms with Crippen LogP contribution in [0.25, 0.3) is 6.08 Å². The Morgan fingerprint density at radius 3 is 2.11 bits per heavy atom. The molecule has 1 aromatic rings. The molecule has 0 fully saturated rings. The zero-order chi connectivity index (χ0) is 21.1. The van der Waals surface area contributed by atoms with Crippen molar-refractivity contribution < 1.29 is 28.5 Å². The number of esters is 2. The molecule has 0 amide bonds. The van der Waals surface area contributed by atoms with Gasteiger partial charge in [-0.2, -0.15) is 0 Å². The Bertz CT molecular complexity index is 660. The molecule has 0 heterocycles. The normalized spacial score (nSPS) is 11.1. The predicted molar refractivity (Wildman–Crippen MR) is 107 cm³/mol. The van der Waals surface area contributed by atoms with Gasteiger partial charge < -0.3 is 23.8 Å². The van der Waals surface area contributed by atoms with Gasteiger partial charge in [0.2, 0.25) is 5.75 Å². The van der Waals surface area contributed by atoms with Crippen LogP contribution in [0.4, 0.5) is 0 Å². The molecule has 0 bridgehead atoms. The topological polar surface area (TPSA) is 77.5 Å². The summed E-state index contributed by atoms with van der Waals surface area (Å²) in [7, 11) is 10.4. The van der Waals surface area contributed by atoms with E-state index in [0.29, 0.717) is 23.7 Å². The van der Waals surface area contributed by atoms with Crippen molar-refractivity contribution in [2.24, 2.45) is 0 Å². The van der Waals surface area contributed by atoms with Crippen LogP contribution < -0.4 is 14.2 Å². The molecule has 0 aromatic heterocycles. The molecule has 1 aromatic carbocycles. The fraction of sp³-hybridized carbons (Fsp3) is 0.500. The Morgan fingerprint density at radius 2 is 1.61 bits per heavy atom. The molecule has 0 aliphatic carbocycles. The summed E-state index contributed by atoms with van der Waals surface area (Å²) >= 11 is 0. The summed E-state index contributed by atoms with van der Waals surface area (Å²) in [4.78, 5) is 27.5. The van der Waals surface area contributed by atoms with E-state index in [1.807, 2.05) is 19.0 Å². The van der Waals surface area contributed by atoms with E-state index in [1.165, 1.54) is 20.3 Å². The first-order chi connectivity index (χ1) is 13.3. The van der Waals surface area contributed by atoms with Crippen molar-refractivity contribution in [2.75, 3.05) is 62.1 Å². The number of ether oxygens (including phenoxy) is 4. The van der Waals surface area contributed by atoms with Gasteiger partial charge in [-0.25, -0.2) is 4.79 Å². The van der Waals surface area contributed by atoms with Crippen molar-refractivity contribution in [3.63, 3.8) is 0 Å². The van der Waals surface area contributed by atoms with E-state index in [4.69, 9.17) is 18.9 Å². The maximum Gasteiger partial charge on any atom is 0.330 e. The molecule has 156 valence electrons. The highest BCUT2D eigenvalue weighted by Gasteiger charge is 2.17. The van der Waals surface area contributed by atoms with E-state index in [1.54, 1.807) is 37.2 Å². The second-order valence-corrected chi connectivity index (χ2v) is 6.62. The van der Waals surface area contributed by atoms with Gasteiger partial charge in [-0.05, 0) is 58.4 Å². The molecule has 0 aliphatic rings. The Kier molecular flexibility index (Phi) is 10.0. The van der Waals surface area contributed by atoms with Gasteiger partial charge in [0.25, 0.3) is 0 Å². The minimum absolute atomic E-state index is 0.119. The number of hydrogen-bond donors (Lipinski definition) is 0. The van der Waals surface area contributed by atoms with Crippen molar-refractivity contribution in [3.05, 3.63) is 23.8 Å². The fourth-order valence-electron chi connectivity index (χ4n) is 2.27. The molecule has 0 spiro atoms. The summed E-state index contributed by atoms with van der Waals surface area (Å²) in [6.07, 6.45) is 3.69. The van der Waals surface area contributed by atoms with Crippen LogP contribution in [0, 0.1) is 0 Å². The van der Waals surface area contributed by atoms with Gasteiger partial charge in [-0.15, -0.1) is 0 Å². The van der Waals surface area contributed by atoms with Crippen LogP contribution in [-0.4, -0.2) is 83.8 Å². The number of hydrogen-bond acceptors (Lipinski definition) is 8. The Morgan fingerprint density at radius 1 is 1.00 bits per heavy atom. The molecule has 0 saturated carbocycles. The highest BCUT2D eigenvalue weighted by atomic mass is 16.6. The summed E-state index contributed by atoms with van der Waals surface area (Å²) in [6, 6.07) is 3.30. The van der Waals surface area contributed by atoms with Crippen LogP contribution in [0.2, 0.25) is 0 Å². The van der Waals surface area contributed by atoms with E-state index in [9.17, 15) is 9.59 Å². The summed E-state index contributed by atoms with van der Waals surface area (Å²) in [5, 5.41) is 0. The maximum atomic E-state index is 12.0. The minimum atomic E-state index is -0.439. The fourth-order valence-corrected chi connectivity index (χ4v) is 2.27. The van der Waals surface area contributed by atoms with Crippen molar-refractivity contribution in [2.45, 2.75) is 6.42 Å². The van der Waals surface area contributed by atoms with Crippen molar-refractivity contribution >= 4 is 18.0 Å². The quantitative estimate of drug-likeness (QED) is 0.243. The Labute approximate surface area is 166 Å². The van der Waals surface area contributed by atoms with Crippen LogP contribution in [0.5, 0.6) is 17.2 Å². The van der Waals surface area contributed by atoms with Gasteiger partial charge in [0, 0.05) is 12.6 Å². The van der Waals surface area contributed by atoms with E-state index in [-0.39, 0.29) is 12.3 Å². The minimum Gasteiger partial charge on any atom is -0.493 e. The zero-order valence-electron chi connectivity index (χ0n) is 17.5. The van der Waals surface area contributed by atoms with Gasteiger partial charge in [0.1, 0.15) is 0 Å². The third-order valence-corrected chi connectivity index (χ3v) is 3.55. The van der Waals surface area contributed by atoms with Gasteiger partial charge in [0.15, 0.2) is 11.5 Å². The number of rotatable bonds is 11. The van der Waals surface area contributed by atoms with E-state index in [2.05, 4.69) is 0 Å². The second-order valence-electron chi connectivity index (χ2n) is 6.62. The van der Waals surface area contributed by atoms with Crippen LogP contribution in [0.15, 0.2) is 18.2 Å². The molecule has 1 rings (SSSR count).